The molecule has 0 spiro atoms. The van der Waals surface area contributed by atoms with Gasteiger partial charge in [-0.05, 0) is 13.0 Å². The highest BCUT2D eigenvalue weighted by molar-refractivity contribution is 7.89. The zero-order valence-electron chi connectivity index (χ0n) is 10.3. The number of aromatic nitrogens is 1. The van der Waals surface area contributed by atoms with Crippen molar-refractivity contribution in [2.45, 2.75) is 24.5 Å². The minimum Gasteiger partial charge on any atom is -0.477 e. The average molecular weight is 292 g/mol. The van der Waals surface area contributed by atoms with Crippen molar-refractivity contribution in [2.75, 3.05) is 13.2 Å². The molecule has 0 amide bonds. The predicted octanol–water partition coefficient (Wildman–Crippen LogP) is -1.16. The summed E-state index contributed by atoms with van der Waals surface area (Å²) in [6.07, 6.45) is -0.00103. The Labute approximate surface area is 110 Å². The van der Waals surface area contributed by atoms with E-state index in [-0.39, 0.29) is 17.1 Å². The van der Waals surface area contributed by atoms with Crippen LogP contribution in [0, 0.1) is 0 Å². The molecule has 4 N–H and O–H groups in total. The maximum atomic E-state index is 11.8. The lowest BCUT2D eigenvalue weighted by Gasteiger charge is -2.08. The number of aliphatic hydroxyl groups excluding tert-OH is 2. The predicted molar refractivity (Wildman–Crippen MR) is 65.3 cm³/mol. The van der Waals surface area contributed by atoms with E-state index in [9.17, 15) is 13.2 Å². The Morgan fingerprint density at radius 3 is 2.58 bits per heavy atom. The van der Waals surface area contributed by atoms with E-state index in [0.717, 1.165) is 6.07 Å². The summed E-state index contributed by atoms with van der Waals surface area (Å²) in [6.45, 7) is 1.08. The molecule has 9 heteroatoms. The SMILES string of the molecule is CCn1cc(S(=O)(=O)NCC(O)CO)cc1C(=O)O. The van der Waals surface area contributed by atoms with Crippen LogP contribution in [0.25, 0.3) is 0 Å². The molecule has 0 aliphatic heterocycles. The van der Waals surface area contributed by atoms with E-state index in [4.69, 9.17) is 15.3 Å². The minimum absolute atomic E-state index is 0.134. The zero-order valence-corrected chi connectivity index (χ0v) is 11.1. The number of nitrogens with one attached hydrogen (secondary N) is 1. The molecule has 1 atom stereocenters. The Bertz CT molecular complexity index is 550. The Morgan fingerprint density at radius 1 is 1.53 bits per heavy atom. The van der Waals surface area contributed by atoms with Crippen molar-refractivity contribution in [3.63, 3.8) is 0 Å². The number of aliphatic hydroxyl groups is 2. The van der Waals surface area contributed by atoms with Crippen molar-refractivity contribution >= 4 is 16.0 Å². The van der Waals surface area contributed by atoms with Crippen LogP contribution in [0.4, 0.5) is 0 Å². The smallest absolute Gasteiger partial charge is 0.352 e. The minimum atomic E-state index is -3.92. The van der Waals surface area contributed by atoms with Crippen LogP contribution in [0.1, 0.15) is 17.4 Å². The fourth-order valence-corrected chi connectivity index (χ4v) is 2.54. The highest BCUT2D eigenvalue weighted by atomic mass is 32.2. The average Bonchev–Trinajstić information content (AvgIpc) is 2.81. The lowest BCUT2D eigenvalue weighted by Crippen LogP contribution is -2.33. The third-order valence-electron chi connectivity index (χ3n) is 2.46. The van der Waals surface area contributed by atoms with Crippen LogP contribution in [0.3, 0.4) is 0 Å². The van der Waals surface area contributed by atoms with Crippen LogP contribution in [0.15, 0.2) is 17.2 Å². The molecule has 1 heterocycles. The summed E-state index contributed by atoms with van der Waals surface area (Å²) in [5.74, 6) is -1.22. The number of aryl methyl sites for hydroxylation is 1. The second-order valence-corrected chi connectivity index (χ2v) is 5.61. The third-order valence-corrected chi connectivity index (χ3v) is 3.85. The third kappa shape index (κ3) is 3.77. The molecule has 1 rings (SSSR count). The number of nitrogens with zero attached hydrogens (tertiary/aromatic N) is 1. The van der Waals surface area contributed by atoms with Crippen LogP contribution < -0.4 is 4.72 Å². The van der Waals surface area contributed by atoms with Gasteiger partial charge in [-0.25, -0.2) is 17.9 Å². The van der Waals surface area contributed by atoms with Gasteiger partial charge in [-0.15, -0.1) is 0 Å². The van der Waals surface area contributed by atoms with E-state index >= 15 is 0 Å². The highest BCUT2D eigenvalue weighted by Gasteiger charge is 2.21. The second kappa shape index (κ2) is 6.15. The molecule has 108 valence electrons. The van der Waals surface area contributed by atoms with E-state index in [1.165, 1.54) is 10.8 Å². The molecule has 0 bridgehead atoms. The standard InChI is InChI=1S/C10H16N2O6S/c1-2-12-5-8(3-9(12)10(15)16)19(17,18)11-4-7(14)6-13/h3,5,7,11,13-14H,2,4,6H2,1H3,(H,15,16). The molecule has 0 radical (unpaired) electrons. The van der Waals surface area contributed by atoms with Gasteiger partial charge in [0.15, 0.2) is 0 Å². The topological polar surface area (TPSA) is 129 Å². The van der Waals surface area contributed by atoms with Gasteiger partial charge in [0.05, 0.1) is 12.7 Å². The van der Waals surface area contributed by atoms with E-state index in [0.29, 0.717) is 6.54 Å². The number of carbonyl (C=O) groups is 1. The van der Waals surface area contributed by atoms with Gasteiger partial charge in [0.25, 0.3) is 0 Å². The van der Waals surface area contributed by atoms with Crippen LogP contribution in [0.2, 0.25) is 0 Å². The molecule has 1 aromatic rings. The Kier molecular flexibility index (Phi) is 5.06. The van der Waals surface area contributed by atoms with Gasteiger partial charge in [-0.3, -0.25) is 0 Å². The molecule has 19 heavy (non-hydrogen) atoms. The van der Waals surface area contributed by atoms with E-state index < -0.39 is 28.7 Å². The quantitative estimate of drug-likeness (QED) is 0.501. The highest BCUT2D eigenvalue weighted by Crippen LogP contribution is 2.14. The number of hydrogen-bond acceptors (Lipinski definition) is 5. The second-order valence-electron chi connectivity index (χ2n) is 3.84. The Hall–Kier alpha value is -1.42. The maximum Gasteiger partial charge on any atom is 0.352 e. The van der Waals surface area contributed by atoms with E-state index in [1.807, 2.05) is 0 Å². The first-order chi connectivity index (χ1) is 8.81. The van der Waals surface area contributed by atoms with E-state index in [2.05, 4.69) is 4.72 Å². The van der Waals surface area contributed by atoms with E-state index in [1.54, 1.807) is 6.92 Å². The van der Waals surface area contributed by atoms with Crippen LogP contribution in [-0.4, -0.2) is 53.5 Å². The summed E-state index contributed by atoms with van der Waals surface area (Å²) in [7, 11) is -3.92. The monoisotopic (exact) mass is 292 g/mol. The van der Waals surface area contributed by atoms with Crippen LogP contribution in [0.5, 0.6) is 0 Å². The molecule has 0 aromatic carbocycles. The summed E-state index contributed by atoms with van der Waals surface area (Å²) in [5, 5.41) is 26.6. The van der Waals surface area contributed by atoms with Gasteiger partial charge in [-0.1, -0.05) is 0 Å². The molecule has 0 saturated carbocycles. The normalized spacial score (nSPS) is 13.4. The van der Waals surface area contributed by atoms with Crippen molar-refractivity contribution in [1.29, 1.82) is 0 Å². The number of aromatic carboxylic acids is 1. The molecular weight excluding hydrogens is 276 g/mol. The molecule has 8 nitrogen and oxygen atoms in total. The van der Waals surface area contributed by atoms with Crippen molar-refractivity contribution in [1.82, 2.24) is 9.29 Å². The van der Waals surface area contributed by atoms with Crippen molar-refractivity contribution in [3.05, 3.63) is 18.0 Å². The van der Waals surface area contributed by atoms with Gasteiger partial charge >= 0.3 is 5.97 Å². The lowest BCUT2D eigenvalue weighted by molar-refractivity contribution is 0.0685. The van der Waals surface area contributed by atoms with Gasteiger partial charge < -0.3 is 19.9 Å². The zero-order chi connectivity index (χ0) is 14.6. The van der Waals surface area contributed by atoms with Gasteiger partial charge in [-0.2, -0.15) is 0 Å². The number of hydrogen-bond donors (Lipinski definition) is 4. The van der Waals surface area contributed by atoms with Crippen molar-refractivity contribution in [2.24, 2.45) is 0 Å². The van der Waals surface area contributed by atoms with Crippen molar-refractivity contribution in [3.8, 4) is 0 Å². The first-order valence-corrected chi connectivity index (χ1v) is 7.02. The summed E-state index contributed by atoms with van der Waals surface area (Å²) < 4.78 is 27.1. The maximum absolute atomic E-state index is 11.8. The molecule has 1 aromatic heterocycles. The fraction of sp³-hybridized carbons (Fsp3) is 0.500. The lowest BCUT2D eigenvalue weighted by atomic mass is 10.4. The van der Waals surface area contributed by atoms with Gasteiger partial charge in [0, 0.05) is 19.3 Å². The van der Waals surface area contributed by atoms with Gasteiger partial charge in [0.2, 0.25) is 10.0 Å². The number of carboxylic acids is 1. The first kappa shape index (κ1) is 15.6. The Morgan fingerprint density at radius 2 is 2.16 bits per heavy atom. The first-order valence-electron chi connectivity index (χ1n) is 5.53. The number of rotatable bonds is 7. The summed E-state index contributed by atoms with van der Waals surface area (Å²) in [5.41, 5.74) is -0.134. The number of carboxylic acid groups (broad SMARTS) is 1. The molecule has 0 fully saturated rings. The summed E-state index contributed by atoms with van der Waals surface area (Å²) >= 11 is 0. The fourth-order valence-electron chi connectivity index (χ4n) is 1.43. The van der Waals surface area contributed by atoms with Crippen molar-refractivity contribution < 1.29 is 28.5 Å². The summed E-state index contributed by atoms with van der Waals surface area (Å²) in [4.78, 5) is 10.7. The van der Waals surface area contributed by atoms with Gasteiger partial charge in [0.1, 0.15) is 10.6 Å². The Balaban J connectivity index is 2.99. The van der Waals surface area contributed by atoms with Crippen LogP contribution in [-0.2, 0) is 16.6 Å². The molecule has 0 saturated heterocycles. The molecule has 1 unspecified atom stereocenters. The number of sulfonamides is 1. The van der Waals surface area contributed by atoms with Crippen LogP contribution >= 0.6 is 0 Å². The molecule has 0 aliphatic rings. The molecule has 0 aliphatic carbocycles. The summed E-state index contributed by atoms with van der Waals surface area (Å²) in [6, 6.07) is 1.04. The largest absolute Gasteiger partial charge is 0.477 e. The molecular formula is C10H16N2O6S.